The molecule has 0 unspecified atom stereocenters. The van der Waals surface area contributed by atoms with Crippen molar-refractivity contribution in [3.05, 3.63) is 65.1 Å². The minimum Gasteiger partial charge on any atom is -0.486 e. The van der Waals surface area contributed by atoms with Crippen molar-refractivity contribution in [2.45, 2.75) is 58.7 Å². The van der Waals surface area contributed by atoms with Crippen LogP contribution >= 0.6 is 0 Å². The van der Waals surface area contributed by atoms with Crippen LogP contribution in [0.5, 0.6) is 5.75 Å². The molecule has 1 amide bonds. The Hall–Kier alpha value is -2.86. The predicted octanol–water partition coefficient (Wildman–Crippen LogP) is 5.25. The molecule has 4 rings (SSSR count). The second kappa shape index (κ2) is 9.18. The molecule has 2 aromatic carbocycles. The van der Waals surface area contributed by atoms with Gasteiger partial charge in [0.05, 0.1) is 6.54 Å². The fourth-order valence-electron chi connectivity index (χ4n) is 4.97. The topological polar surface area (TPSA) is 65.6 Å². The lowest BCUT2D eigenvalue weighted by atomic mass is 9.81. The second-order valence-electron chi connectivity index (χ2n) is 9.64. The van der Waals surface area contributed by atoms with E-state index in [1.807, 2.05) is 19.1 Å². The Labute approximate surface area is 194 Å². The first-order chi connectivity index (χ1) is 15.7. The predicted molar refractivity (Wildman–Crippen MR) is 128 cm³/mol. The molecule has 0 bridgehead atoms. The number of hydrogen-bond acceptors (Lipinski definition) is 3. The monoisotopic (exact) mass is 452 g/mol. The average Bonchev–Trinajstić information content (AvgIpc) is 3.13. The van der Waals surface area contributed by atoms with Crippen LogP contribution in [-0.4, -0.2) is 45.7 Å². The first-order valence-corrected chi connectivity index (χ1v) is 11.7. The van der Waals surface area contributed by atoms with Crippen molar-refractivity contribution < 1.29 is 19.0 Å². The maximum Gasteiger partial charge on any atom is 0.270 e. The molecule has 1 fully saturated rings. The van der Waals surface area contributed by atoms with Gasteiger partial charge in [0.2, 0.25) is 0 Å². The number of benzene rings is 2. The third-order valence-electron chi connectivity index (χ3n) is 6.57. The van der Waals surface area contributed by atoms with E-state index in [1.54, 1.807) is 17.0 Å². The number of nitrogens with one attached hydrogen (secondary N) is 1. The number of H-pyrrole nitrogens is 1. The average molecular weight is 453 g/mol. The van der Waals surface area contributed by atoms with E-state index in [0.717, 1.165) is 28.5 Å². The number of piperidine rings is 1. The third kappa shape index (κ3) is 4.76. The molecule has 0 radical (unpaired) electrons. The summed E-state index contributed by atoms with van der Waals surface area (Å²) in [6.45, 7) is 8.93. The smallest absolute Gasteiger partial charge is 0.270 e. The van der Waals surface area contributed by atoms with Crippen LogP contribution in [0.3, 0.4) is 0 Å². The van der Waals surface area contributed by atoms with Gasteiger partial charge in [-0.1, -0.05) is 32.4 Å². The van der Waals surface area contributed by atoms with E-state index < -0.39 is 11.7 Å². The van der Waals surface area contributed by atoms with Crippen LogP contribution in [-0.2, 0) is 6.42 Å². The van der Waals surface area contributed by atoms with Gasteiger partial charge in [0.25, 0.3) is 5.91 Å². The Balaban J connectivity index is 1.63. The zero-order valence-corrected chi connectivity index (χ0v) is 19.8. The normalized spacial score (nSPS) is 21.1. The van der Waals surface area contributed by atoms with Gasteiger partial charge in [0, 0.05) is 17.4 Å². The molecular formula is C27H33FN2O3. The van der Waals surface area contributed by atoms with E-state index in [-0.39, 0.29) is 24.2 Å². The first kappa shape index (κ1) is 23.3. The summed E-state index contributed by atoms with van der Waals surface area (Å²) >= 11 is 0. The molecule has 176 valence electrons. The molecule has 2 N–H and O–H groups in total. The van der Waals surface area contributed by atoms with Crippen molar-refractivity contribution in [3.63, 3.8) is 0 Å². The maximum absolute atomic E-state index is 13.6. The van der Waals surface area contributed by atoms with E-state index in [1.165, 1.54) is 12.1 Å². The Morgan fingerprint density at radius 3 is 2.67 bits per heavy atom. The van der Waals surface area contributed by atoms with Crippen molar-refractivity contribution in [1.29, 1.82) is 0 Å². The number of nitrogens with zero attached hydrogens (tertiary/aromatic N) is 1. The van der Waals surface area contributed by atoms with Crippen LogP contribution in [0.15, 0.2) is 42.5 Å². The molecule has 3 aromatic rings. The summed E-state index contributed by atoms with van der Waals surface area (Å²) < 4.78 is 19.5. The zero-order chi connectivity index (χ0) is 23.8. The molecule has 1 saturated heterocycles. The number of aromatic amines is 1. The lowest BCUT2D eigenvalue weighted by molar-refractivity contribution is -0.111. The van der Waals surface area contributed by atoms with Crippen molar-refractivity contribution in [1.82, 2.24) is 9.88 Å². The lowest BCUT2D eigenvalue weighted by Crippen LogP contribution is -2.59. The summed E-state index contributed by atoms with van der Waals surface area (Å²) in [4.78, 5) is 18.7. The first-order valence-electron chi connectivity index (χ1n) is 11.7. The Bertz CT molecular complexity index is 1140. The second-order valence-corrected chi connectivity index (χ2v) is 9.64. The number of fused-ring (bicyclic) bond motifs is 1. The van der Waals surface area contributed by atoms with Gasteiger partial charge in [-0.15, -0.1) is 0 Å². The van der Waals surface area contributed by atoms with Gasteiger partial charge < -0.3 is 19.7 Å². The number of hydrogen-bond donors (Lipinski definition) is 2. The Morgan fingerprint density at radius 1 is 1.27 bits per heavy atom. The summed E-state index contributed by atoms with van der Waals surface area (Å²) in [5.74, 6) is 0.315. The van der Waals surface area contributed by atoms with Gasteiger partial charge in [-0.2, -0.15) is 0 Å². The fraction of sp³-hybridized carbons (Fsp3) is 0.444. The van der Waals surface area contributed by atoms with Crippen molar-refractivity contribution in [2.24, 2.45) is 5.92 Å². The number of likely N-dealkylation sites (tertiary alicyclic amines) is 1. The number of amides is 1. The van der Waals surface area contributed by atoms with Crippen LogP contribution in [0.4, 0.5) is 4.39 Å². The van der Waals surface area contributed by atoms with Gasteiger partial charge in [0.1, 0.15) is 29.0 Å². The Morgan fingerprint density at radius 2 is 2.00 bits per heavy atom. The summed E-state index contributed by atoms with van der Waals surface area (Å²) in [5.41, 5.74) is 2.66. The molecule has 0 spiro atoms. The van der Waals surface area contributed by atoms with E-state index in [9.17, 15) is 14.3 Å². The highest BCUT2D eigenvalue weighted by Gasteiger charge is 2.45. The van der Waals surface area contributed by atoms with E-state index in [4.69, 9.17) is 4.74 Å². The molecule has 0 aliphatic carbocycles. The van der Waals surface area contributed by atoms with E-state index in [2.05, 4.69) is 31.8 Å². The highest BCUT2D eigenvalue weighted by atomic mass is 19.1. The summed E-state index contributed by atoms with van der Waals surface area (Å²) in [5, 5.41) is 12.6. The van der Waals surface area contributed by atoms with Crippen molar-refractivity contribution >= 4 is 16.8 Å². The highest BCUT2D eigenvalue weighted by Crippen LogP contribution is 2.34. The quantitative estimate of drug-likeness (QED) is 0.537. The molecule has 33 heavy (non-hydrogen) atoms. The van der Waals surface area contributed by atoms with Gasteiger partial charge in [0.15, 0.2) is 0 Å². The molecule has 1 aliphatic heterocycles. The van der Waals surface area contributed by atoms with E-state index >= 15 is 0 Å². The minimum absolute atomic E-state index is 0.0833. The maximum atomic E-state index is 13.6. The number of carbonyl (C=O) groups is 1. The molecule has 0 saturated carbocycles. The summed E-state index contributed by atoms with van der Waals surface area (Å²) in [6, 6.07) is 11.9. The fourth-order valence-corrected chi connectivity index (χ4v) is 4.97. The van der Waals surface area contributed by atoms with E-state index in [0.29, 0.717) is 30.8 Å². The molecule has 2 atom stereocenters. The third-order valence-corrected chi connectivity index (χ3v) is 6.57. The summed E-state index contributed by atoms with van der Waals surface area (Å²) in [7, 11) is 0. The number of rotatable bonds is 6. The molecule has 2 heterocycles. The van der Waals surface area contributed by atoms with Crippen molar-refractivity contribution in [3.8, 4) is 5.75 Å². The lowest BCUT2D eigenvalue weighted by Gasteiger charge is -2.45. The van der Waals surface area contributed by atoms with Crippen LogP contribution in [0, 0.1) is 18.7 Å². The number of carbonyl (C=O) groups excluding carboxylic acids is 1. The highest BCUT2D eigenvalue weighted by molar-refractivity contribution is 6.01. The van der Waals surface area contributed by atoms with Crippen LogP contribution < -0.4 is 4.74 Å². The molecule has 5 nitrogen and oxygen atoms in total. The van der Waals surface area contributed by atoms with Gasteiger partial charge >= 0.3 is 0 Å². The number of aromatic nitrogens is 1. The van der Waals surface area contributed by atoms with Crippen LogP contribution in [0.2, 0.25) is 0 Å². The number of aliphatic hydroxyl groups is 1. The SMILES string of the molecule is CCc1c(C(=O)N2CC[C@@](O)(CC(C)C)[C@@H](Oc3ccc(F)cc3)C2)[nH]c2ccc(C)cc12. The number of halogens is 1. The molecule has 1 aliphatic rings. The van der Waals surface area contributed by atoms with Gasteiger partial charge in [-0.05, 0) is 74.1 Å². The zero-order valence-electron chi connectivity index (χ0n) is 19.8. The Kier molecular flexibility index (Phi) is 6.48. The standard InChI is InChI=1S/C27H33FN2O3/c1-5-21-22-14-18(4)6-11-23(22)29-25(21)26(31)30-13-12-27(32,15-17(2)3)24(16-30)33-20-9-7-19(28)8-10-20/h6-11,14,17,24,29,32H,5,12-13,15-16H2,1-4H3/t24-,27+/m0/s1. The largest absolute Gasteiger partial charge is 0.486 e. The minimum atomic E-state index is -1.07. The molecule has 6 heteroatoms. The van der Waals surface area contributed by atoms with Crippen LogP contribution in [0.1, 0.15) is 55.2 Å². The summed E-state index contributed by atoms with van der Waals surface area (Å²) in [6.07, 6.45) is 1.11. The number of ether oxygens (including phenoxy) is 1. The van der Waals surface area contributed by atoms with Crippen LogP contribution in [0.25, 0.3) is 10.9 Å². The van der Waals surface area contributed by atoms with Gasteiger partial charge in [-0.3, -0.25) is 4.79 Å². The molecular weight excluding hydrogens is 419 g/mol. The molecule has 1 aromatic heterocycles. The van der Waals surface area contributed by atoms with Gasteiger partial charge in [-0.25, -0.2) is 4.39 Å². The number of aryl methyl sites for hydroxylation is 2. The van der Waals surface area contributed by atoms with Crippen molar-refractivity contribution in [2.75, 3.05) is 13.1 Å².